The van der Waals surface area contributed by atoms with Crippen molar-refractivity contribution in [1.82, 2.24) is 9.97 Å². The Kier molecular flexibility index (Phi) is 3.65. The molecule has 1 aliphatic rings. The highest BCUT2D eigenvalue weighted by Gasteiger charge is 2.30. The van der Waals surface area contributed by atoms with Gasteiger partial charge in [0.2, 0.25) is 0 Å². The van der Waals surface area contributed by atoms with Crippen LogP contribution in [0.4, 0.5) is 5.82 Å². The number of halogens is 1. The third-order valence-corrected chi connectivity index (χ3v) is 3.20. The van der Waals surface area contributed by atoms with E-state index in [2.05, 4.69) is 25.9 Å². The first kappa shape index (κ1) is 12.7. The maximum Gasteiger partial charge on any atom is 0.134 e. The molecule has 1 aromatic heterocycles. The predicted octanol–water partition coefficient (Wildman–Crippen LogP) is 0.904. The van der Waals surface area contributed by atoms with Crippen molar-refractivity contribution in [2.45, 2.75) is 32.0 Å². The number of hydrogen-bond donors (Lipinski definition) is 2. The van der Waals surface area contributed by atoms with Gasteiger partial charge in [0.1, 0.15) is 16.2 Å². The fourth-order valence-electron chi connectivity index (χ4n) is 1.80. The summed E-state index contributed by atoms with van der Waals surface area (Å²) in [5.74, 6) is 1.74. The van der Waals surface area contributed by atoms with Crippen molar-refractivity contribution in [3.8, 4) is 0 Å². The standard InChI is InChI=1S/C11H16BrN3O2/c1-6(2)11-13-9(12)3-10(14-11)15-4-7(16)8(17)5-15/h3,6-8,16-17H,4-5H2,1-2H3. The summed E-state index contributed by atoms with van der Waals surface area (Å²) in [6, 6.07) is 1.80. The molecular weight excluding hydrogens is 286 g/mol. The molecule has 2 atom stereocenters. The summed E-state index contributed by atoms with van der Waals surface area (Å²) in [6.07, 6.45) is -1.41. The molecule has 1 fully saturated rings. The predicted molar refractivity (Wildman–Crippen MR) is 68.0 cm³/mol. The first-order valence-corrected chi connectivity index (χ1v) is 6.42. The quantitative estimate of drug-likeness (QED) is 0.795. The van der Waals surface area contributed by atoms with Gasteiger partial charge in [-0.25, -0.2) is 9.97 Å². The van der Waals surface area contributed by atoms with Gasteiger partial charge in [-0.05, 0) is 15.9 Å². The molecule has 0 aromatic carbocycles. The van der Waals surface area contributed by atoms with Crippen LogP contribution in [-0.4, -0.2) is 45.5 Å². The lowest BCUT2D eigenvalue weighted by molar-refractivity contribution is 0.0572. The number of aliphatic hydroxyl groups excluding tert-OH is 2. The molecular formula is C11H16BrN3O2. The van der Waals surface area contributed by atoms with Crippen molar-refractivity contribution in [1.29, 1.82) is 0 Å². The Bertz CT molecular complexity index is 404. The van der Waals surface area contributed by atoms with E-state index in [1.54, 1.807) is 6.07 Å². The van der Waals surface area contributed by atoms with Gasteiger partial charge in [0, 0.05) is 25.1 Å². The summed E-state index contributed by atoms with van der Waals surface area (Å²) in [5, 5.41) is 19.1. The molecule has 0 radical (unpaired) electrons. The largest absolute Gasteiger partial charge is 0.389 e. The van der Waals surface area contributed by atoms with Gasteiger partial charge in [-0.3, -0.25) is 0 Å². The molecule has 2 rings (SSSR count). The van der Waals surface area contributed by atoms with E-state index in [1.807, 2.05) is 18.7 Å². The summed E-state index contributed by atoms with van der Waals surface area (Å²) >= 11 is 3.36. The van der Waals surface area contributed by atoms with Gasteiger partial charge in [0.05, 0.1) is 12.2 Å². The summed E-state index contributed by atoms with van der Waals surface area (Å²) in [5.41, 5.74) is 0. The monoisotopic (exact) mass is 301 g/mol. The highest BCUT2D eigenvalue weighted by molar-refractivity contribution is 9.10. The minimum atomic E-state index is -0.703. The molecule has 94 valence electrons. The van der Waals surface area contributed by atoms with E-state index >= 15 is 0 Å². The Labute approximate surface area is 109 Å². The van der Waals surface area contributed by atoms with Crippen LogP contribution in [0.1, 0.15) is 25.6 Å². The van der Waals surface area contributed by atoms with Crippen LogP contribution in [0.25, 0.3) is 0 Å². The smallest absolute Gasteiger partial charge is 0.134 e. The van der Waals surface area contributed by atoms with Gasteiger partial charge in [0.15, 0.2) is 0 Å². The highest BCUT2D eigenvalue weighted by atomic mass is 79.9. The Morgan fingerprint density at radius 1 is 1.29 bits per heavy atom. The zero-order chi connectivity index (χ0) is 12.6. The number of anilines is 1. The minimum Gasteiger partial charge on any atom is -0.389 e. The topological polar surface area (TPSA) is 69.5 Å². The molecule has 0 spiro atoms. The molecule has 0 bridgehead atoms. The lowest BCUT2D eigenvalue weighted by Crippen LogP contribution is -2.23. The maximum atomic E-state index is 9.53. The Morgan fingerprint density at radius 2 is 1.88 bits per heavy atom. The van der Waals surface area contributed by atoms with Crippen molar-refractivity contribution in [2.24, 2.45) is 0 Å². The summed E-state index contributed by atoms with van der Waals surface area (Å²) < 4.78 is 0.724. The molecule has 1 aliphatic heterocycles. The van der Waals surface area contributed by atoms with Gasteiger partial charge in [-0.2, -0.15) is 0 Å². The molecule has 2 heterocycles. The van der Waals surface area contributed by atoms with Crippen LogP contribution in [-0.2, 0) is 0 Å². The normalized spacial score (nSPS) is 24.7. The maximum absolute atomic E-state index is 9.53. The summed E-state index contributed by atoms with van der Waals surface area (Å²) in [7, 11) is 0. The molecule has 0 amide bonds. The van der Waals surface area contributed by atoms with E-state index in [0.717, 1.165) is 16.2 Å². The van der Waals surface area contributed by atoms with E-state index in [0.29, 0.717) is 13.1 Å². The van der Waals surface area contributed by atoms with Crippen LogP contribution >= 0.6 is 15.9 Å². The summed E-state index contributed by atoms with van der Waals surface area (Å²) in [4.78, 5) is 10.6. The first-order chi connectivity index (χ1) is 7.97. The second-order valence-electron chi connectivity index (χ2n) is 4.60. The van der Waals surface area contributed by atoms with Crippen LogP contribution < -0.4 is 4.90 Å². The van der Waals surface area contributed by atoms with Crippen LogP contribution in [0.2, 0.25) is 0 Å². The van der Waals surface area contributed by atoms with E-state index in [-0.39, 0.29) is 5.92 Å². The average molecular weight is 302 g/mol. The number of nitrogens with zero attached hydrogens (tertiary/aromatic N) is 3. The SMILES string of the molecule is CC(C)c1nc(Br)cc(N2CC(O)C(O)C2)n1. The van der Waals surface area contributed by atoms with Crippen LogP contribution in [0.5, 0.6) is 0 Å². The molecule has 2 N–H and O–H groups in total. The van der Waals surface area contributed by atoms with Gasteiger partial charge >= 0.3 is 0 Å². The third-order valence-electron chi connectivity index (χ3n) is 2.80. The molecule has 1 aromatic rings. The van der Waals surface area contributed by atoms with Gasteiger partial charge in [-0.15, -0.1) is 0 Å². The molecule has 17 heavy (non-hydrogen) atoms. The number of hydrogen-bond acceptors (Lipinski definition) is 5. The van der Waals surface area contributed by atoms with Crippen molar-refractivity contribution < 1.29 is 10.2 Å². The van der Waals surface area contributed by atoms with E-state index in [9.17, 15) is 10.2 Å². The molecule has 0 aliphatic carbocycles. The third kappa shape index (κ3) is 2.75. The summed E-state index contributed by atoms with van der Waals surface area (Å²) in [6.45, 7) is 4.86. The van der Waals surface area contributed by atoms with Gasteiger partial charge in [-0.1, -0.05) is 13.8 Å². The fraction of sp³-hybridized carbons (Fsp3) is 0.636. The van der Waals surface area contributed by atoms with Gasteiger partial charge < -0.3 is 15.1 Å². The zero-order valence-corrected chi connectivity index (χ0v) is 11.4. The average Bonchev–Trinajstić information content (AvgIpc) is 2.58. The van der Waals surface area contributed by atoms with Crippen molar-refractivity contribution in [3.63, 3.8) is 0 Å². The lowest BCUT2D eigenvalue weighted by atomic mass is 10.2. The molecule has 1 saturated heterocycles. The van der Waals surface area contributed by atoms with Crippen molar-refractivity contribution >= 4 is 21.7 Å². The highest BCUT2D eigenvalue weighted by Crippen LogP contribution is 2.23. The zero-order valence-electron chi connectivity index (χ0n) is 9.84. The number of β-amino-alcohol motifs (C(OH)–C–C–N with tert-alkyl or cyclic N) is 2. The van der Waals surface area contributed by atoms with Gasteiger partial charge in [0.25, 0.3) is 0 Å². The van der Waals surface area contributed by atoms with E-state index in [1.165, 1.54) is 0 Å². The number of aromatic nitrogens is 2. The van der Waals surface area contributed by atoms with E-state index < -0.39 is 12.2 Å². The second-order valence-corrected chi connectivity index (χ2v) is 5.41. The van der Waals surface area contributed by atoms with E-state index in [4.69, 9.17) is 0 Å². The number of aliphatic hydroxyl groups is 2. The Morgan fingerprint density at radius 3 is 2.41 bits per heavy atom. The molecule has 6 heteroatoms. The molecule has 2 unspecified atom stereocenters. The van der Waals surface area contributed by atoms with Crippen molar-refractivity contribution in [3.05, 3.63) is 16.5 Å². The lowest BCUT2D eigenvalue weighted by Gasteiger charge is -2.18. The van der Waals surface area contributed by atoms with Crippen LogP contribution in [0.15, 0.2) is 10.7 Å². The molecule has 0 saturated carbocycles. The fourth-order valence-corrected chi connectivity index (χ4v) is 2.19. The van der Waals surface area contributed by atoms with Crippen LogP contribution in [0.3, 0.4) is 0 Å². The Hall–Kier alpha value is -0.720. The first-order valence-electron chi connectivity index (χ1n) is 5.63. The van der Waals surface area contributed by atoms with Crippen LogP contribution in [0, 0.1) is 0 Å². The number of rotatable bonds is 2. The minimum absolute atomic E-state index is 0.240. The molecule has 5 nitrogen and oxygen atoms in total. The Balaban J connectivity index is 2.27. The van der Waals surface area contributed by atoms with Crippen molar-refractivity contribution in [2.75, 3.05) is 18.0 Å². The second kappa shape index (κ2) is 4.88.